The lowest BCUT2D eigenvalue weighted by Crippen LogP contribution is -2.24. The predicted molar refractivity (Wildman–Crippen MR) is 72.8 cm³/mol. The first kappa shape index (κ1) is 15.9. The number of hydrogen-bond donors (Lipinski definition) is 0. The Morgan fingerprint density at radius 3 is 2.65 bits per heavy atom. The molecule has 5 heteroatoms. The number of Topliss-reactive ketones (excluding diaryl/α,β-unsaturated/α-hetero) is 1. The van der Waals surface area contributed by atoms with E-state index < -0.39 is 18.0 Å². The lowest BCUT2D eigenvalue weighted by molar-refractivity contribution is -0.145. The Morgan fingerprint density at radius 2 is 2.10 bits per heavy atom. The molecule has 1 rings (SSSR count). The average molecular weight is 278 g/mol. The van der Waals surface area contributed by atoms with Gasteiger partial charge in [-0.2, -0.15) is 0 Å². The Balaban J connectivity index is 2.95. The first-order chi connectivity index (χ1) is 9.43. The van der Waals surface area contributed by atoms with E-state index in [9.17, 15) is 14.4 Å². The van der Waals surface area contributed by atoms with Crippen molar-refractivity contribution in [3.8, 4) is 0 Å². The number of ketones is 1. The van der Waals surface area contributed by atoms with E-state index in [1.807, 2.05) is 0 Å². The molecule has 1 aliphatic rings. The van der Waals surface area contributed by atoms with Crippen LogP contribution in [0.25, 0.3) is 0 Å². The standard InChI is InChI=1S/C15H18O5/c1-4-5-12(9-19-10(2)16)14-8-13(20-11(3)17)6-7-15(14)18/h4-5,8,13H,1,6-7,9H2,2-3H3/b12-5-/t13-/m1/s1. The lowest BCUT2D eigenvalue weighted by Gasteiger charge is -2.21. The number of esters is 2. The van der Waals surface area contributed by atoms with Crippen molar-refractivity contribution in [3.63, 3.8) is 0 Å². The highest BCUT2D eigenvalue weighted by Crippen LogP contribution is 2.23. The molecule has 0 radical (unpaired) electrons. The van der Waals surface area contributed by atoms with Gasteiger partial charge in [-0.05, 0) is 18.1 Å². The van der Waals surface area contributed by atoms with Crippen molar-refractivity contribution in [3.05, 3.63) is 36.0 Å². The van der Waals surface area contributed by atoms with Gasteiger partial charge in [-0.3, -0.25) is 14.4 Å². The van der Waals surface area contributed by atoms with Crippen molar-refractivity contribution in [1.82, 2.24) is 0 Å². The highest BCUT2D eigenvalue weighted by Gasteiger charge is 2.24. The van der Waals surface area contributed by atoms with Crippen LogP contribution in [0, 0.1) is 0 Å². The summed E-state index contributed by atoms with van der Waals surface area (Å²) in [6.45, 7) is 6.18. The van der Waals surface area contributed by atoms with Crippen LogP contribution in [0.4, 0.5) is 0 Å². The molecule has 1 atom stereocenters. The van der Waals surface area contributed by atoms with E-state index >= 15 is 0 Å². The molecule has 0 aromatic carbocycles. The fraction of sp³-hybridized carbons (Fsp3) is 0.400. The Labute approximate surface area is 117 Å². The molecular weight excluding hydrogens is 260 g/mol. The largest absolute Gasteiger partial charge is 0.461 e. The van der Waals surface area contributed by atoms with E-state index in [1.54, 1.807) is 12.2 Å². The summed E-state index contributed by atoms with van der Waals surface area (Å²) >= 11 is 0. The van der Waals surface area contributed by atoms with E-state index in [1.165, 1.54) is 19.9 Å². The SMILES string of the molecule is C=C/C=C(/COC(C)=O)C1=C[C@H](OC(C)=O)CCC1=O. The molecular formula is C15H18O5. The monoisotopic (exact) mass is 278 g/mol. The molecule has 0 aromatic heterocycles. The second-order valence-electron chi connectivity index (χ2n) is 4.40. The van der Waals surface area contributed by atoms with Gasteiger partial charge < -0.3 is 9.47 Å². The number of ether oxygens (including phenoxy) is 2. The van der Waals surface area contributed by atoms with Crippen molar-refractivity contribution in [2.75, 3.05) is 6.61 Å². The molecule has 0 saturated heterocycles. The topological polar surface area (TPSA) is 69.7 Å². The Kier molecular flexibility index (Phi) is 5.90. The average Bonchev–Trinajstić information content (AvgIpc) is 2.36. The van der Waals surface area contributed by atoms with E-state index in [-0.39, 0.29) is 12.4 Å². The third-order valence-corrected chi connectivity index (χ3v) is 2.72. The second kappa shape index (κ2) is 7.43. The summed E-state index contributed by atoms with van der Waals surface area (Å²) in [5.74, 6) is -0.886. The molecule has 0 saturated carbocycles. The maximum atomic E-state index is 12.0. The van der Waals surface area contributed by atoms with Gasteiger partial charge >= 0.3 is 11.9 Å². The second-order valence-corrected chi connectivity index (χ2v) is 4.40. The van der Waals surface area contributed by atoms with Crippen molar-refractivity contribution >= 4 is 17.7 Å². The zero-order valence-electron chi connectivity index (χ0n) is 11.7. The van der Waals surface area contributed by atoms with Crippen LogP contribution in [-0.2, 0) is 23.9 Å². The molecule has 1 aliphatic carbocycles. The molecule has 5 nitrogen and oxygen atoms in total. The first-order valence-electron chi connectivity index (χ1n) is 6.31. The maximum absolute atomic E-state index is 12.0. The van der Waals surface area contributed by atoms with Gasteiger partial charge in [0.05, 0.1) is 0 Å². The zero-order valence-corrected chi connectivity index (χ0v) is 11.7. The summed E-state index contributed by atoms with van der Waals surface area (Å²) in [5, 5.41) is 0. The number of rotatable bonds is 5. The Hall–Kier alpha value is -2.17. The molecule has 0 N–H and O–H groups in total. The molecule has 0 fully saturated rings. The first-order valence-corrected chi connectivity index (χ1v) is 6.31. The van der Waals surface area contributed by atoms with Crippen LogP contribution in [0.1, 0.15) is 26.7 Å². The zero-order chi connectivity index (χ0) is 15.1. The van der Waals surface area contributed by atoms with E-state index in [0.717, 1.165) is 0 Å². The molecule has 0 aromatic rings. The summed E-state index contributed by atoms with van der Waals surface area (Å²) < 4.78 is 10.0. The maximum Gasteiger partial charge on any atom is 0.303 e. The summed E-state index contributed by atoms with van der Waals surface area (Å²) in [5.41, 5.74) is 0.973. The molecule has 0 heterocycles. The van der Waals surface area contributed by atoms with Gasteiger partial charge in [0.25, 0.3) is 0 Å². The third kappa shape index (κ3) is 4.84. The quantitative estimate of drug-likeness (QED) is 0.567. The fourth-order valence-electron chi connectivity index (χ4n) is 1.90. The van der Waals surface area contributed by atoms with Crippen LogP contribution >= 0.6 is 0 Å². The minimum absolute atomic E-state index is 0.00822. The highest BCUT2D eigenvalue weighted by atomic mass is 16.5. The van der Waals surface area contributed by atoms with Crippen LogP contribution in [0.5, 0.6) is 0 Å². The van der Waals surface area contributed by atoms with Crippen molar-refractivity contribution in [1.29, 1.82) is 0 Å². The molecule has 0 amide bonds. The van der Waals surface area contributed by atoms with E-state index in [4.69, 9.17) is 9.47 Å². The number of allylic oxidation sites excluding steroid dienone is 2. The molecule has 0 unspecified atom stereocenters. The van der Waals surface area contributed by atoms with E-state index in [2.05, 4.69) is 6.58 Å². The van der Waals surface area contributed by atoms with Gasteiger partial charge in [-0.1, -0.05) is 18.7 Å². The molecule has 20 heavy (non-hydrogen) atoms. The van der Waals surface area contributed by atoms with Crippen LogP contribution < -0.4 is 0 Å². The summed E-state index contributed by atoms with van der Waals surface area (Å²) in [4.78, 5) is 33.8. The number of carbonyl (C=O) groups is 3. The highest BCUT2D eigenvalue weighted by molar-refractivity contribution is 6.00. The Bertz CT molecular complexity index is 484. The number of hydrogen-bond acceptors (Lipinski definition) is 5. The van der Waals surface area contributed by atoms with Gasteiger partial charge in [0.1, 0.15) is 12.7 Å². The molecule has 0 aliphatic heterocycles. The number of carbonyl (C=O) groups excluding carboxylic acids is 3. The van der Waals surface area contributed by atoms with Crippen molar-refractivity contribution in [2.24, 2.45) is 0 Å². The minimum Gasteiger partial charge on any atom is -0.461 e. The molecule has 0 spiro atoms. The van der Waals surface area contributed by atoms with Gasteiger partial charge in [0, 0.05) is 25.8 Å². The predicted octanol–water partition coefficient (Wildman–Crippen LogP) is 1.88. The third-order valence-electron chi connectivity index (χ3n) is 2.72. The smallest absolute Gasteiger partial charge is 0.303 e. The normalized spacial score (nSPS) is 19.1. The van der Waals surface area contributed by atoms with Gasteiger partial charge in [0.15, 0.2) is 5.78 Å². The van der Waals surface area contributed by atoms with Gasteiger partial charge in [-0.15, -0.1) is 0 Å². The van der Waals surface area contributed by atoms with Crippen molar-refractivity contribution in [2.45, 2.75) is 32.8 Å². The van der Waals surface area contributed by atoms with Crippen LogP contribution in [0.15, 0.2) is 36.0 Å². The lowest BCUT2D eigenvalue weighted by atomic mass is 9.90. The van der Waals surface area contributed by atoms with Crippen LogP contribution in [-0.4, -0.2) is 30.4 Å². The summed E-state index contributed by atoms with van der Waals surface area (Å²) in [6.07, 6.45) is 5.07. The summed E-state index contributed by atoms with van der Waals surface area (Å²) in [7, 11) is 0. The van der Waals surface area contributed by atoms with Crippen LogP contribution in [0.3, 0.4) is 0 Å². The minimum atomic E-state index is -0.430. The molecule has 108 valence electrons. The molecule has 0 bridgehead atoms. The van der Waals surface area contributed by atoms with Crippen molar-refractivity contribution < 1.29 is 23.9 Å². The van der Waals surface area contributed by atoms with Gasteiger partial charge in [0.2, 0.25) is 0 Å². The summed E-state index contributed by atoms with van der Waals surface area (Å²) in [6, 6.07) is 0. The fourth-order valence-corrected chi connectivity index (χ4v) is 1.90. The van der Waals surface area contributed by atoms with E-state index in [0.29, 0.717) is 24.0 Å². The Morgan fingerprint density at radius 1 is 1.40 bits per heavy atom. The van der Waals surface area contributed by atoms with Crippen LogP contribution in [0.2, 0.25) is 0 Å². The van der Waals surface area contributed by atoms with Gasteiger partial charge in [-0.25, -0.2) is 0 Å².